The number of hydrogen-bond acceptors (Lipinski definition) is 4. The number of nitrogens with one attached hydrogen (secondary N) is 1. The van der Waals surface area contributed by atoms with Crippen molar-refractivity contribution >= 4 is 23.2 Å². The predicted octanol–water partition coefficient (Wildman–Crippen LogP) is 3.13. The molecule has 30 heavy (non-hydrogen) atoms. The summed E-state index contributed by atoms with van der Waals surface area (Å²) in [5.74, 6) is 1.72. The summed E-state index contributed by atoms with van der Waals surface area (Å²) in [4.78, 5) is 9.14. The lowest BCUT2D eigenvalue weighted by molar-refractivity contribution is 0.371. The molecular formula is C22H26ClN7. The van der Waals surface area contributed by atoms with E-state index >= 15 is 0 Å². The first-order chi connectivity index (χ1) is 14.7. The van der Waals surface area contributed by atoms with E-state index in [1.54, 1.807) is 6.33 Å². The van der Waals surface area contributed by atoms with Crippen molar-refractivity contribution in [3.63, 3.8) is 0 Å². The second-order valence-corrected chi connectivity index (χ2v) is 7.69. The Kier molecular flexibility index (Phi) is 6.18. The van der Waals surface area contributed by atoms with Crippen LogP contribution in [-0.4, -0.2) is 58.9 Å². The summed E-state index contributed by atoms with van der Waals surface area (Å²) in [6.45, 7) is 6.29. The predicted molar refractivity (Wildman–Crippen MR) is 122 cm³/mol. The third-order valence-corrected chi connectivity index (χ3v) is 5.60. The molecule has 1 aliphatic heterocycles. The first-order valence-electron chi connectivity index (χ1n) is 10.1. The molecule has 1 N–H and O–H groups in total. The Labute approximate surface area is 182 Å². The monoisotopic (exact) mass is 423 g/mol. The largest absolute Gasteiger partial charge is 0.368 e. The molecule has 0 saturated carbocycles. The number of rotatable bonds is 4. The normalized spacial score (nSPS) is 14.8. The topological polar surface area (TPSA) is 61.6 Å². The fourth-order valence-electron chi connectivity index (χ4n) is 3.76. The van der Waals surface area contributed by atoms with Crippen LogP contribution in [0.5, 0.6) is 0 Å². The van der Waals surface area contributed by atoms with Crippen molar-refractivity contribution in [1.82, 2.24) is 25.0 Å². The van der Waals surface area contributed by atoms with Gasteiger partial charge in [-0.1, -0.05) is 35.9 Å². The average Bonchev–Trinajstić information content (AvgIpc) is 3.26. The van der Waals surface area contributed by atoms with E-state index in [-0.39, 0.29) is 0 Å². The smallest absolute Gasteiger partial charge is 0.194 e. The van der Waals surface area contributed by atoms with Crippen molar-refractivity contribution in [2.24, 2.45) is 4.99 Å². The van der Waals surface area contributed by atoms with Gasteiger partial charge in [0.1, 0.15) is 6.33 Å². The zero-order valence-corrected chi connectivity index (χ0v) is 18.0. The maximum absolute atomic E-state index is 6.21. The third kappa shape index (κ3) is 4.41. The quantitative estimate of drug-likeness (QED) is 0.516. The van der Waals surface area contributed by atoms with Gasteiger partial charge in [-0.15, -0.1) is 10.2 Å². The van der Waals surface area contributed by atoms with Crippen molar-refractivity contribution in [1.29, 1.82) is 0 Å². The Morgan fingerprint density at radius 1 is 1.10 bits per heavy atom. The standard InChI is InChI=1S/C22H26ClN7/c1-17-8-9-18(23)14-20(17)28-10-12-29(13-11-28)22(24-2)25-15-21-27-26-16-30(21)19-6-4-3-5-7-19/h3-9,14,16H,10-13,15H2,1-2H3,(H,24,25). The number of anilines is 1. The molecule has 7 nitrogen and oxygen atoms in total. The highest BCUT2D eigenvalue weighted by atomic mass is 35.5. The molecule has 1 aliphatic rings. The summed E-state index contributed by atoms with van der Waals surface area (Å²) >= 11 is 6.21. The Morgan fingerprint density at radius 2 is 1.87 bits per heavy atom. The van der Waals surface area contributed by atoms with Crippen molar-refractivity contribution in [3.8, 4) is 5.69 Å². The number of aliphatic imine (C=N–C) groups is 1. The molecule has 2 heterocycles. The van der Waals surface area contributed by atoms with Gasteiger partial charge in [-0.3, -0.25) is 9.56 Å². The molecule has 1 aromatic heterocycles. The molecule has 156 valence electrons. The summed E-state index contributed by atoms with van der Waals surface area (Å²) in [6.07, 6.45) is 1.74. The van der Waals surface area contributed by atoms with Crippen LogP contribution in [0.2, 0.25) is 5.02 Å². The van der Waals surface area contributed by atoms with Crippen LogP contribution in [0.1, 0.15) is 11.4 Å². The first-order valence-corrected chi connectivity index (χ1v) is 10.4. The van der Waals surface area contributed by atoms with E-state index in [0.717, 1.165) is 48.7 Å². The van der Waals surface area contributed by atoms with Gasteiger partial charge in [-0.25, -0.2) is 0 Å². The van der Waals surface area contributed by atoms with E-state index in [4.69, 9.17) is 11.6 Å². The highest BCUT2D eigenvalue weighted by Gasteiger charge is 2.21. The number of halogens is 1. The molecule has 4 rings (SSSR count). The van der Waals surface area contributed by atoms with Crippen LogP contribution in [0.3, 0.4) is 0 Å². The number of benzene rings is 2. The fraction of sp³-hybridized carbons (Fsp3) is 0.318. The SMILES string of the molecule is CN=C(NCc1nncn1-c1ccccc1)N1CCN(c2cc(Cl)ccc2C)CC1. The molecule has 2 aromatic carbocycles. The van der Waals surface area contributed by atoms with Gasteiger partial charge in [-0.05, 0) is 36.8 Å². The maximum Gasteiger partial charge on any atom is 0.194 e. The number of hydrogen-bond donors (Lipinski definition) is 1. The van der Waals surface area contributed by atoms with Gasteiger partial charge in [0, 0.05) is 49.6 Å². The lowest BCUT2D eigenvalue weighted by Gasteiger charge is -2.38. The van der Waals surface area contributed by atoms with Crippen molar-refractivity contribution in [3.05, 3.63) is 71.3 Å². The van der Waals surface area contributed by atoms with Gasteiger partial charge in [0.25, 0.3) is 0 Å². The zero-order chi connectivity index (χ0) is 20.9. The molecule has 0 atom stereocenters. The van der Waals surface area contributed by atoms with E-state index < -0.39 is 0 Å². The Balaban J connectivity index is 1.37. The third-order valence-electron chi connectivity index (χ3n) is 5.36. The molecule has 8 heteroatoms. The van der Waals surface area contributed by atoms with Crippen molar-refractivity contribution in [2.45, 2.75) is 13.5 Å². The molecule has 0 radical (unpaired) electrons. The van der Waals surface area contributed by atoms with Gasteiger partial charge in [0.2, 0.25) is 0 Å². The van der Waals surface area contributed by atoms with Crippen LogP contribution in [0.25, 0.3) is 5.69 Å². The summed E-state index contributed by atoms with van der Waals surface area (Å²) in [5, 5.41) is 12.6. The number of aromatic nitrogens is 3. The number of piperazine rings is 1. The minimum atomic E-state index is 0.551. The van der Waals surface area contributed by atoms with Crippen molar-refractivity contribution < 1.29 is 0 Å². The van der Waals surface area contributed by atoms with Crippen LogP contribution in [0, 0.1) is 6.92 Å². The number of aryl methyl sites for hydroxylation is 1. The molecule has 1 fully saturated rings. The van der Waals surface area contributed by atoms with Gasteiger partial charge in [0.05, 0.1) is 6.54 Å². The molecule has 0 unspecified atom stereocenters. The van der Waals surface area contributed by atoms with E-state index in [9.17, 15) is 0 Å². The second kappa shape index (κ2) is 9.17. The molecule has 0 bridgehead atoms. The van der Waals surface area contributed by atoms with Crippen LogP contribution in [0.4, 0.5) is 5.69 Å². The van der Waals surface area contributed by atoms with E-state index in [1.807, 2.05) is 48.0 Å². The van der Waals surface area contributed by atoms with Crippen molar-refractivity contribution in [2.75, 3.05) is 38.1 Å². The first kappa shape index (κ1) is 20.2. The summed E-state index contributed by atoms with van der Waals surface area (Å²) in [5.41, 5.74) is 3.50. The van der Waals surface area contributed by atoms with E-state index in [1.165, 1.54) is 11.3 Å². The fourth-order valence-corrected chi connectivity index (χ4v) is 3.92. The zero-order valence-electron chi connectivity index (χ0n) is 17.3. The van der Waals surface area contributed by atoms with Crippen LogP contribution in [0.15, 0.2) is 59.9 Å². The second-order valence-electron chi connectivity index (χ2n) is 7.26. The molecular weight excluding hydrogens is 398 g/mol. The highest BCUT2D eigenvalue weighted by Crippen LogP contribution is 2.25. The van der Waals surface area contributed by atoms with E-state index in [0.29, 0.717) is 6.54 Å². The Bertz CT molecular complexity index is 1010. The average molecular weight is 424 g/mol. The molecule has 0 aliphatic carbocycles. The minimum Gasteiger partial charge on any atom is -0.368 e. The number of nitrogens with zero attached hydrogens (tertiary/aromatic N) is 6. The summed E-state index contributed by atoms with van der Waals surface area (Å²) in [7, 11) is 1.82. The lowest BCUT2D eigenvalue weighted by Crippen LogP contribution is -2.52. The minimum absolute atomic E-state index is 0.551. The van der Waals surface area contributed by atoms with Gasteiger partial charge in [0.15, 0.2) is 11.8 Å². The number of para-hydroxylation sites is 1. The Hall–Kier alpha value is -3.06. The highest BCUT2D eigenvalue weighted by molar-refractivity contribution is 6.30. The lowest BCUT2D eigenvalue weighted by atomic mass is 10.1. The summed E-state index contributed by atoms with van der Waals surface area (Å²) < 4.78 is 1.99. The van der Waals surface area contributed by atoms with Gasteiger partial charge < -0.3 is 15.1 Å². The molecule has 3 aromatic rings. The van der Waals surface area contributed by atoms with Gasteiger partial charge in [-0.2, -0.15) is 0 Å². The van der Waals surface area contributed by atoms with Crippen LogP contribution < -0.4 is 10.2 Å². The van der Waals surface area contributed by atoms with Gasteiger partial charge >= 0.3 is 0 Å². The van der Waals surface area contributed by atoms with Crippen LogP contribution >= 0.6 is 11.6 Å². The van der Waals surface area contributed by atoms with Crippen LogP contribution in [-0.2, 0) is 6.54 Å². The molecule has 1 saturated heterocycles. The Morgan fingerprint density at radius 3 is 2.60 bits per heavy atom. The maximum atomic E-state index is 6.21. The molecule has 0 amide bonds. The molecule has 0 spiro atoms. The number of guanidine groups is 1. The summed E-state index contributed by atoms with van der Waals surface area (Å²) in [6, 6.07) is 16.2. The van der Waals surface area contributed by atoms with E-state index in [2.05, 4.69) is 49.4 Å².